The fraction of sp³-hybridized carbons (Fsp3) is 1.00. The molecule has 1 rings (SSSR count). The molecule has 0 atom stereocenters. The summed E-state index contributed by atoms with van der Waals surface area (Å²) < 4.78 is 11.7. The van der Waals surface area contributed by atoms with E-state index < -0.39 is 0 Å². The van der Waals surface area contributed by atoms with E-state index >= 15 is 0 Å². The minimum Gasteiger partial charge on any atom is -0.330 e. The first-order valence-corrected chi connectivity index (χ1v) is 3.12. The van der Waals surface area contributed by atoms with Gasteiger partial charge in [0.05, 0.1) is 6.67 Å². The van der Waals surface area contributed by atoms with E-state index in [4.69, 9.17) is 5.73 Å². The van der Waals surface area contributed by atoms with Crippen LogP contribution < -0.4 is 5.73 Å². The number of halogens is 2. The Morgan fingerprint density at radius 3 is 2.22 bits per heavy atom. The average Bonchev–Trinajstić information content (AvgIpc) is 1.65. The van der Waals surface area contributed by atoms with Crippen LogP contribution in [0.4, 0.5) is 4.39 Å². The van der Waals surface area contributed by atoms with Crippen LogP contribution in [-0.4, -0.2) is 13.2 Å². The lowest BCUT2D eigenvalue weighted by atomic mass is 9.76. The normalized spacial score (nSPS) is 32.7. The molecule has 3 heteroatoms. The minimum absolute atomic E-state index is 0. The van der Waals surface area contributed by atoms with E-state index in [-0.39, 0.29) is 19.1 Å². The van der Waals surface area contributed by atoms with Crippen LogP contribution in [0.3, 0.4) is 0 Å². The third-order valence-corrected chi connectivity index (χ3v) is 1.88. The molecule has 0 bridgehead atoms. The summed E-state index contributed by atoms with van der Waals surface area (Å²) in [4.78, 5) is 0. The van der Waals surface area contributed by atoms with Gasteiger partial charge in [-0.1, -0.05) is 0 Å². The van der Waals surface area contributed by atoms with Crippen LogP contribution in [0.25, 0.3) is 0 Å². The van der Waals surface area contributed by atoms with Crippen molar-refractivity contribution in [1.82, 2.24) is 0 Å². The van der Waals surface area contributed by atoms with Gasteiger partial charge in [-0.25, -0.2) is 0 Å². The lowest BCUT2D eigenvalue weighted by Crippen LogP contribution is -2.30. The van der Waals surface area contributed by atoms with Crippen molar-refractivity contribution in [3.8, 4) is 0 Å². The summed E-state index contributed by atoms with van der Waals surface area (Å²) in [6.07, 6.45) is 2.04. The van der Waals surface area contributed by atoms with Crippen LogP contribution in [0.5, 0.6) is 0 Å². The van der Waals surface area contributed by atoms with Gasteiger partial charge in [-0.3, -0.25) is 4.39 Å². The highest BCUT2D eigenvalue weighted by molar-refractivity contribution is 5.85. The van der Waals surface area contributed by atoms with Crippen molar-refractivity contribution in [3.05, 3.63) is 0 Å². The predicted molar refractivity (Wildman–Crippen MR) is 38.5 cm³/mol. The second-order valence-electron chi connectivity index (χ2n) is 2.59. The van der Waals surface area contributed by atoms with Gasteiger partial charge in [0.15, 0.2) is 0 Å². The molecule has 1 aliphatic rings. The molecule has 1 aliphatic carbocycles. The van der Waals surface area contributed by atoms with Crippen LogP contribution in [-0.2, 0) is 0 Å². The van der Waals surface area contributed by atoms with E-state index in [0.29, 0.717) is 11.8 Å². The van der Waals surface area contributed by atoms with E-state index in [1.807, 2.05) is 0 Å². The summed E-state index contributed by atoms with van der Waals surface area (Å²) in [7, 11) is 0. The number of hydrogen-bond acceptors (Lipinski definition) is 1. The quantitative estimate of drug-likeness (QED) is 0.637. The molecule has 0 amide bonds. The van der Waals surface area contributed by atoms with Gasteiger partial charge >= 0.3 is 0 Å². The lowest BCUT2D eigenvalue weighted by Gasteiger charge is -2.32. The molecule has 1 nitrogen and oxygen atoms in total. The van der Waals surface area contributed by atoms with E-state index in [0.717, 1.165) is 19.4 Å². The van der Waals surface area contributed by atoms with E-state index in [9.17, 15) is 4.39 Å². The molecular weight excluding hydrogens is 141 g/mol. The van der Waals surface area contributed by atoms with Gasteiger partial charge < -0.3 is 5.73 Å². The van der Waals surface area contributed by atoms with Crippen molar-refractivity contribution < 1.29 is 4.39 Å². The van der Waals surface area contributed by atoms with Gasteiger partial charge in [0.1, 0.15) is 0 Å². The first-order valence-electron chi connectivity index (χ1n) is 3.12. The Balaban J connectivity index is 0.000000640. The number of hydrogen-bond donors (Lipinski definition) is 1. The standard InChI is InChI=1S/C6H12FN.ClH/c7-3-5-1-6(2-5)4-8;/h5-6H,1-4,8H2;1H. The Kier molecular flexibility index (Phi) is 4.15. The monoisotopic (exact) mass is 153 g/mol. The summed E-state index contributed by atoms with van der Waals surface area (Å²) in [6, 6.07) is 0. The summed E-state index contributed by atoms with van der Waals surface area (Å²) >= 11 is 0. The van der Waals surface area contributed by atoms with Crippen LogP contribution >= 0.6 is 12.4 Å². The molecule has 0 aromatic heterocycles. The minimum atomic E-state index is -0.142. The fourth-order valence-electron chi connectivity index (χ4n) is 1.19. The largest absolute Gasteiger partial charge is 0.330 e. The maximum Gasteiger partial charge on any atom is 0.0922 e. The maximum atomic E-state index is 11.7. The summed E-state index contributed by atoms with van der Waals surface area (Å²) in [5, 5.41) is 0. The molecule has 0 aliphatic heterocycles. The molecule has 56 valence electrons. The summed E-state index contributed by atoms with van der Waals surface area (Å²) in [5.41, 5.74) is 5.33. The Bertz CT molecular complexity index is 65.5. The molecule has 0 spiro atoms. The number of rotatable bonds is 2. The van der Waals surface area contributed by atoms with Gasteiger partial charge in [-0.15, -0.1) is 12.4 Å². The Morgan fingerprint density at radius 2 is 1.89 bits per heavy atom. The molecule has 0 heterocycles. The number of alkyl halides is 1. The second kappa shape index (κ2) is 4.07. The SMILES string of the molecule is Cl.NCC1CC(CF)C1. The van der Waals surface area contributed by atoms with Crippen LogP contribution in [0.1, 0.15) is 12.8 Å². The van der Waals surface area contributed by atoms with Crippen molar-refractivity contribution >= 4 is 12.4 Å². The van der Waals surface area contributed by atoms with Crippen LogP contribution in [0, 0.1) is 11.8 Å². The van der Waals surface area contributed by atoms with Crippen molar-refractivity contribution in [2.45, 2.75) is 12.8 Å². The summed E-state index contributed by atoms with van der Waals surface area (Å²) in [6.45, 7) is 0.604. The van der Waals surface area contributed by atoms with Crippen molar-refractivity contribution in [2.75, 3.05) is 13.2 Å². The predicted octanol–water partition coefficient (Wildman–Crippen LogP) is 1.36. The summed E-state index contributed by atoms with van der Waals surface area (Å²) in [5.74, 6) is 0.985. The smallest absolute Gasteiger partial charge is 0.0922 e. The zero-order valence-electron chi connectivity index (χ0n) is 5.35. The van der Waals surface area contributed by atoms with E-state index in [2.05, 4.69) is 0 Å². The topological polar surface area (TPSA) is 26.0 Å². The molecule has 1 fully saturated rings. The molecule has 9 heavy (non-hydrogen) atoms. The lowest BCUT2D eigenvalue weighted by molar-refractivity contribution is 0.161. The van der Waals surface area contributed by atoms with Crippen molar-refractivity contribution in [3.63, 3.8) is 0 Å². The van der Waals surface area contributed by atoms with Gasteiger partial charge in [-0.05, 0) is 31.2 Å². The molecule has 0 unspecified atom stereocenters. The molecule has 2 N–H and O–H groups in total. The second-order valence-corrected chi connectivity index (χ2v) is 2.59. The van der Waals surface area contributed by atoms with E-state index in [1.165, 1.54) is 0 Å². The Morgan fingerprint density at radius 1 is 1.33 bits per heavy atom. The van der Waals surface area contributed by atoms with Crippen LogP contribution in [0.2, 0.25) is 0 Å². The first kappa shape index (κ1) is 9.18. The Labute approximate surface area is 61.2 Å². The van der Waals surface area contributed by atoms with Crippen molar-refractivity contribution in [2.24, 2.45) is 17.6 Å². The number of nitrogens with two attached hydrogens (primary N) is 1. The Hall–Kier alpha value is 0.180. The highest BCUT2D eigenvalue weighted by Gasteiger charge is 2.27. The van der Waals surface area contributed by atoms with E-state index in [1.54, 1.807) is 0 Å². The van der Waals surface area contributed by atoms with Gasteiger partial charge in [0.25, 0.3) is 0 Å². The molecule has 0 aromatic rings. The van der Waals surface area contributed by atoms with Crippen LogP contribution in [0.15, 0.2) is 0 Å². The third-order valence-electron chi connectivity index (χ3n) is 1.88. The molecule has 0 radical (unpaired) electrons. The van der Waals surface area contributed by atoms with Gasteiger partial charge in [-0.2, -0.15) is 0 Å². The zero-order chi connectivity index (χ0) is 5.98. The average molecular weight is 154 g/mol. The first-order chi connectivity index (χ1) is 3.86. The van der Waals surface area contributed by atoms with Gasteiger partial charge in [0, 0.05) is 0 Å². The highest BCUT2D eigenvalue weighted by atomic mass is 35.5. The molecule has 0 saturated heterocycles. The fourth-order valence-corrected chi connectivity index (χ4v) is 1.19. The third kappa shape index (κ3) is 2.11. The maximum absolute atomic E-state index is 11.7. The molecule has 1 saturated carbocycles. The van der Waals surface area contributed by atoms with Crippen molar-refractivity contribution in [1.29, 1.82) is 0 Å². The zero-order valence-corrected chi connectivity index (χ0v) is 6.16. The van der Waals surface area contributed by atoms with Gasteiger partial charge in [0.2, 0.25) is 0 Å². The highest BCUT2D eigenvalue weighted by Crippen LogP contribution is 2.32. The molecule has 0 aromatic carbocycles. The molecular formula is C6H13ClFN.